The van der Waals surface area contributed by atoms with Crippen molar-refractivity contribution in [1.29, 1.82) is 0 Å². The van der Waals surface area contributed by atoms with E-state index in [1.165, 1.54) is 30.0 Å². The first kappa shape index (κ1) is 15.5. The van der Waals surface area contributed by atoms with Crippen LogP contribution in [-0.4, -0.2) is 29.7 Å². The molecule has 21 heavy (non-hydrogen) atoms. The van der Waals surface area contributed by atoms with E-state index in [9.17, 15) is 22.8 Å². The largest absolute Gasteiger partial charge is 0.417 e. The van der Waals surface area contributed by atoms with E-state index in [0.29, 0.717) is 25.9 Å². The number of nitrogens with zero attached hydrogens (tertiary/aromatic N) is 1. The third-order valence-electron chi connectivity index (χ3n) is 3.82. The van der Waals surface area contributed by atoms with E-state index in [2.05, 4.69) is 0 Å². The summed E-state index contributed by atoms with van der Waals surface area (Å²) in [5.74, 6) is -0.644. The number of hydrogen-bond acceptors (Lipinski definition) is 2. The average Bonchev–Trinajstić information content (AvgIpc) is 2.45. The molecule has 114 valence electrons. The van der Waals surface area contributed by atoms with Crippen molar-refractivity contribution in [2.24, 2.45) is 5.92 Å². The van der Waals surface area contributed by atoms with Gasteiger partial charge in [0, 0.05) is 19.0 Å². The zero-order valence-corrected chi connectivity index (χ0v) is 11.6. The van der Waals surface area contributed by atoms with Crippen LogP contribution in [0.4, 0.5) is 13.2 Å². The summed E-state index contributed by atoms with van der Waals surface area (Å²) in [5, 5.41) is 0. The maximum absolute atomic E-state index is 12.9. The van der Waals surface area contributed by atoms with Gasteiger partial charge in [-0.15, -0.1) is 0 Å². The normalized spacial score (nSPS) is 16.9. The number of ketones is 1. The SMILES string of the molecule is CC(=O)C1CCN(C(=O)c2ccccc2C(F)(F)F)CC1. The lowest BCUT2D eigenvalue weighted by Crippen LogP contribution is -2.40. The van der Waals surface area contributed by atoms with Crippen molar-refractivity contribution in [3.63, 3.8) is 0 Å². The molecule has 1 amide bonds. The molecule has 0 bridgehead atoms. The van der Waals surface area contributed by atoms with Crippen molar-refractivity contribution < 1.29 is 22.8 Å². The Morgan fingerprint density at radius 3 is 2.24 bits per heavy atom. The maximum Gasteiger partial charge on any atom is 0.417 e. The van der Waals surface area contributed by atoms with Gasteiger partial charge < -0.3 is 4.90 Å². The third-order valence-corrected chi connectivity index (χ3v) is 3.82. The van der Waals surface area contributed by atoms with Crippen molar-refractivity contribution in [1.82, 2.24) is 4.90 Å². The van der Waals surface area contributed by atoms with Crippen LogP contribution in [0.3, 0.4) is 0 Å². The molecular formula is C15H16F3NO2. The molecule has 1 saturated heterocycles. The highest BCUT2D eigenvalue weighted by molar-refractivity contribution is 5.96. The molecule has 0 unspecified atom stereocenters. The summed E-state index contributed by atoms with van der Waals surface area (Å²) < 4.78 is 38.8. The van der Waals surface area contributed by atoms with Gasteiger partial charge >= 0.3 is 6.18 Å². The molecule has 0 radical (unpaired) electrons. The Kier molecular flexibility index (Phi) is 4.34. The van der Waals surface area contributed by atoms with Crippen LogP contribution in [0.1, 0.15) is 35.7 Å². The van der Waals surface area contributed by atoms with Crippen LogP contribution in [0.2, 0.25) is 0 Å². The van der Waals surface area contributed by atoms with Crippen LogP contribution in [0.5, 0.6) is 0 Å². The van der Waals surface area contributed by atoms with E-state index >= 15 is 0 Å². The third kappa shape index (κ3) is 3.43. The van der Waals surface area contributed by atoms with Gasteiger partial charge in [0.25, 0.3) is 5.91 Å². The quantitative estimate of drug-likeness (QED) is 0.841. The van der Waals surface area contributed by atoms with E-state index < -0.39 is 17.6 Å². The summed E-state index contributed by atoms with van der Waals surface area (Å²) in [5.41, 5.74) is -1.24. The van der Waals surface area contributed by atoms with E-state index in [4.69, 9.17) is 0 Å². The second kappa shape index (κ2) is 5.87. The lowest BCUT2D eigenvalue weighted by molar-refractivity contribution is -0.138. The molecule has 1 aliphatic heterocycles. The van der Waals surface area contributed by atoms with Crippen LogP contribution in [0.25, 0.3) is 0 Å². The Balaban J connectivity index is 2.17. The molecule has 0 spiro atoms. The van der Waals surface area contributed by atoms with Crippen LogP contribution < -0.4 is 0 Å². The smallest absolute Gasteiger partial charge is 0.339 e. The van der Waals surface area contributed by atoms with Crippen molar-refractivity contribution in [3.8, 4) is 0 Å². The van der Waals surface area contributed by atoms with Gasteiger partial charge in [0.05, 0.1) is 11.1 Å². The van der Waals surface area contributed by atoms with E-state index in [-0.39, 0.29) is 17.3 Å². The van der Waals surface area contributed by atoms with Gasteiger partial charge in [-0.2, -0.15) is 13.2 Å². The molecule has 1 aromatic carbocycles. The van der Waals surface area contributed by atoms with Gasteiger partial charge in [0.2, 0.25) is 0 Å². The molecule has 1 aliphatic rings. The highest BCUT2D eigenvalue weighted by Gasteiger charge is 2.36. The van der Waals surface area contributed by atoms with Crippen LogP contribution in [0.15, 0.2) is 24.3 Å². The number of carbonyl (C=O) groups excluding carboxylic acids is 2. The number of hydrogen-bond donors (Lipinski definition) is 0. The number of amides is 1. The average molecular weight is 299 g/mol. The first-order chi connectivity index (χ1) is 9.80. The fraction of sp³-hybridized carbons (Fsp3) is 0.467. The van der Waals surface area contributed by atoms with E-state index in [0.717, 1.165) is 6.07 Å². The number of halogens is 3. The first-order valence-electron chi connectivity index (χ1n) is 6.76. The number of benzene rings is 1. The predicted molar refractivity (Wildman–Crippen MR) is 70.8 cm³/mol. The Hall–Kier alpha value is -1.85. The monoisotopic (exact) mass is 299 g/mol. The Morgan fingerprint density at radius 2 is 1.71 bits per heavy atom. The highest BCUT2D eigenvalue weighted by atomic mass is 19.4. The minimum Gasteiger partial charge on any atom is -0.339 e. The summed E-state index contributed by atoms with van der Waals surface area (Å²) in [7, 11) is 0. The summed E-state index contributed by atoms with van der Waals surface area (Å²) in [4.78, 5) is 25.0. The molecule has 3 nitrogen and oxygen atoms in total. The number of alkyl halides is 3. The number of rotatable bonds is 2. The highest BCUT2D eigenvalue weighted by Crippen LogP contribution is 2.33. The number of Topliss-reactive ketones (excluding diaryl/α,β-unsaturated/α-hetero) is 1. The van der Waals surface area contributed by atoms with Crippen molar-refractivity contribution in [2.75, 3.05) is 13.1 Å². The van der Waals surface area contributed by atoms with Gasteiger partial charge in [-0.3, -0.25) is 9.59 Å². The number of likely N-dealkylation sites (tertiary alicyclic amines) is 1. The van der Waals surface area contributed by atoms with Gasteiger partial charge in [0.15, 0.2) is 0 Å². The van der Waals surface area contributed by atoms with Gasteiger partial charge in [-0.05, 0) is 31.9 Å². The summed E-state index contributed by atoms with van der Waals surface area (Å²) in [6.45, 7) is 2.13. The van der Waals surface area contributed by atoms with Crippen LogP contribution in [-0.2, 0) is 11.0 Å². The Labute approximate surface area is 120 Å². The molecule has 0 aliphatic carbocycles. The molecule has 0 aromatic heterocycles. The maximum atomic E-state index is 12.9. The standard InChI is InChI=1S/C15H16F3NO2/c1-10(20)11-6-8-19(9-7-11)14(21)12-4-2-3-5-13(12)15(16,17)18/h2-5,11H,6-9H2,1H3. The Morgan fingerprint density at radius 1 is 1.14 bits per heavy atom. The zero-order valence-electron chi connectivity index (χ0n) is 11.6. The summed E-state index contributed by atoms with van der Waals surface area (Å²) >= 11 is 0. The predicted octanol–water partition coefficient (Wildman–Crippen LogP) is 3.15. The molecular weight excluding hydrogens is 283 g/mol. The molecule has 1 aromatic rings. The summed E-state index contributed by atoms with van der Waals surface area (Å²) in [6, 6.07) is 4.80. The topological polar surface area (TPSA) is 37.4 Å². The minimum atomic E-state index is -4.55. The fourth-order valence-electron chi connectivity index (χ4n) is 2.58. The molecule has 2 rings (SSSR count). The second-order valence-electron chi connectivity index (χ2n) is 5.22. The molecule has 1 fully saturated rings. The molecule has 0 N–H and O–H groups in total. The molecule has 1 heterocycles. The van der Waals surface area contributed by atoms with E-state index in [1.54, 1.807) is 0 Å². The number of carbonyl (C=O) groups is 2. The van der Waals surface area contributed by atoms with Gasteiger partial charge in [0.1, 0.15) is 5.78 Å². The molecule has 0 atom stereocenters. The summed E-state index contributed by atoms with van der Waals surface area (Å²) in [6.07, 6.45) is -3.53. The minimum absolute atomic E-state index is 0.0674. The van der Waals surface area contributed by atoms with Crippen molar-refractivity contribution in [2.45, 2.75) is 25.9 Å². The lowest BCUT2D eigenvalue weighted by Gasteiger charge is -2.31. The zero-order chi connectivity index (χ0) is 15.6. The molecule has 6 heteroatoms. The van der Waals surface area contributed by atoms with E-state index in [1.807, 2.05) is 0 Å². The van der Waals surface area contributed by atoms with Gasteiger partial charge in [-0.25, -0.2) is 0 Å². The first-order valence-corrected chi connectivity index (χ1v) is 6.76. The number of piperidine rings is 1. The lowest BCUT2D eigenvalue weighted by atomic mass is 9.93. The van der Waals surface area contributed by atoms with Crippen molar-refractivity contribution in [3.05, 3.63) is 35.4 Å². The van der Waals surface area contributed by atoms with Crippen LogP contribution >= 0.6 is 0 Å². The second-order valence-corrected chi connectivity index (χ2v) is 5.22. The fourth-order valence-corrected chi connectivity index (χ4v) is 2.58. The van der Waals surface area contributed by atoms with Gasteiger partial charge in [-0.1, -0.05) is 12.1 Å². The molecule has 0 saturated carbocycles. The van der Waals surface area contributed by atoms with Crippen molar-refractivity contribution >= 4 is 11.7 Å². The Bertz CT molecular complexity index is 546. The van der Waals surface area contributed by atoms with Crippen LogP contribution in [0, 0.1) is 5.92 Å².